The summed E-state index contributed by atoms with van der Waals surface area (Å²) in [6.07, 6.45) is 2.33. The zero-order valence-corrected chi connectivity index (χ0v) is 6.04. The molecule has 62 valence electrons. The van der Waals surface area contributed by atoms with E-state index in [-0.39, 0.29) is 11.6 Å². The number of amides is 1. The quantitative estimate of drug-likeness (QED) is 0.524. The lowest BCUT2D eigenvalue weighted by Gasteiger charge is -2.11. The van der Waals surface area contributed by atoms with Gasteiger partial charge in [0.05, 0.1) is 5.71 Å². The Bertz CT molecular complexity index is 343. The van der Waals surface area contributed by atoms with Gasteiger partial charge in [-0.15, -0.1) is 0 Å². The maximum Gasteiger partial charge on any atom is 0.255 e. The minimum atomic E-state index is -0.593. The molecule has 1 aliphatic carbocycles. The molecule has 1 heterocycles. The Morgan fingerprint density at radius 1 is 1.58 bits per heavy atom. The van der Waals surface area contributed by atoms with Gasteiger partial charge < -0.3 is 5.73 Å². The van der Waals surface area contributed by atoms with Crippen molar-refractivity contribution in [2.24, 2.45) is 16.8 Å². The summed E-state index contributed by atoms with van der Waals surface area (Å²) in [7, 11) is 0. The maximum atomic E-state index is 12.7. The minimum Gasteiger partial charge on any atom is -0.401 e. The number of allylic oxidation sites excluding steroid dienone is 3. The second kappa shape index (κ2) is 2.17. The first-order valence-corrected chi connectivity index (χ1v) is 3.40. The molecular formula is C7H6FN3O. The molecule has 0 radical (unpaired) electrons. The fourth-order valence-electron chi connectivity index (χ4n) is 1.25. The molecule has 0 bridgehead atoms. The van der Waals surface area contributed by atoms with Crippen molar-refractivity contribution in [3.05, 3.63) is 23.7 Å². The van der Waals surface area contributed by atoms with Gasteiger partial charge in [-0.25, -0.2) is 9.82 Å². The lowest BCUT2D eigenvalue weighted by molar-refractivity contribution is -0.121. The molecule has 1 unspecified atom stereocenters. The zero-order valence-electron chi connectivity index (χ0n) is 6.04. The summed E-state index contributed by atoms with van der Waals surface area (Å²) in [5.74, 6) is -1.37. The number of carbonyl (C=O) groups is 1. The summed E-state index contributed by atoms with van der Waals surface area (Å²) in [5, 5.41) is 3.62. The Hall–Kier alpha value is -1.65. The van der Waals surface area contributed by atoms with Crippen LogP contribution in [0.4, 0.5) is 4.39 Å². The van der Waals surface area contributed by atoms with Crippen LogP contribution in [0.15, 0.2) is 28.8 Å². The largest absolute Gasteiger partial charge is 0.401 e. The number of nitrogens with zero attached hydrogens (tertiary/aromatic N) is 1. The number of nitrogens with two attached hydrogens (primary N) is 1. The van der Waals surface area contributed by atoms with E-state index < -0.39 is 11.7 Å². The number of hydrogen-bond acceptors (Lipinski definition) is 3. The van der Waals surface area contributed by atoms with Crippen LogP contribution in [0.2, 0.25) is 0 Å². The second-order valence-corrected chi connectivity index (χ2v) is 2.62. The van der Waals surface area contributed by atoms with Gasteiger partial charge in [0.15, 0.2) is 0 Å². The van der Waals surface area contributed by atoms with Gasteiger partial charge in [-0.2, -0.15) is 5.10 Å². The number of nitrogens with one attached hydrogen (secondary N) is 1. The molecule has 12 heavy (non-hydrogen) atoms. The molecule has 2 aliphatic rings. The summed E-state index contributed by atoms with van der Waals surface area (Å²) < 4.78 is 12.7. The molecule has 0 saturated carbocycles. The van der Waals surface area contributed by atoms with E-state index in [4.69, 9.17) is 5.73 Å². The minimum absolute atomic E-state index is 0.198. The van der Waals surface area contributed by atoms with Crippen LogP contribution in [0.5, 0.6) is 0 Å². The van der Waals surface area contributed by atoms with E-state index in [9.17, 15) is 9.18 Å². The van der Waals surface area contributed by atoms with Gasteiger partial charge in [0, 0.05) is 5.70 Å². The lowest BCUT2D eigenvalue weighted by Crippen LogP contribution is -2.29. The average Bonchev–Trinajstić information content (AvgIpc) is 2.31. The van der Waals surface area contributed by atoms with Crippen LogP contribution in [0.25, 0.3) is 0 Å². The van der Waals surface area contributed by atoms with Crippen molar-refractivity contribution in [1.82, 2.24) is 5.43 Å². The summed E-state index contributed by atoms with van der Waals surface area (Å²) in [6, 6.07) is 0. The molecule has 1 atom stereocenters. The van der Waals surface area contributed by atoms with Gasteiger partial charge >= 0.3 is 0 Å². The van der Waals surface area contributed by atoms with Gasteiger partial charge in [0.1, 0.15) is 11.7 Å². The van der Waals surface area contributed by atoms with Gasteiger partial charge in [-0.3, -0.25) is 4.79 Å². The maximum absolute atomic E-state index is 12.7. The smallest absolute Gasteiger partial charge is 0.255 e. The van der Waals surface area contributed by atoms with E-state index in [0.717, 1.165) is 6.08 Å². The third kappa shape index (κ3) is 0.827. The molecule has 0 aromatic carbocycles. The highest BCUT2D eigenvalue weighted by Crippen LogP contribution is 2.22. The van der Waals surface area contributed by atoms with E-state index in [0.29, 0.717) is 5.71 Å². The number of rotatable bonds is 0. The predicted octanol–water partition coefficient (Wildman–Crippen LogP) is -0.202. The Balaban J connectivity index is 2.46. The Kier molecular flexibility index (Phi) is 1.27. The van der Waals surface area contributed by atoms with Gasteiger partial charge in [-0.05, 0) is 12.2 Å². The number of carbonyl (C=O) groups excluding carboxylic acids is 1. The molecule has 4 nitrogen and oxygen atoms in total. The molecule has 1 aliphatic heterocycles. The third-order valence-corrected chi connectivity index (χ3v) is 1.78. The summed E-state index contributed by atoms with van der Waals surface area (Å²) in [4.78, 5) is 11.0. The van der Waals surface area contributed by atoms with Crippen molar-refractivity contribution in [1.29, 1.82) is 0 Å². The highest BCUT2D eigenvalue weighted by Gasteiger charge is 2.33. The first-order chi connectivity index (χ1) is 5.68. The van der Waals surface area contributed by atoms with Crippen LogP contribution in [0, 0.1) is 5.92 Å². The Morgan fingerprint density at radius 3 is 3.08 bits per heavy atom. The average molecular weight is 167 g/mol. The highest BCUT2D eigenvalue weighted by molar-refractivity contribution is 6.16. The second-order valence-electron chi connectivity index (χ2n) is 2.62. The van der Waals surface area contributed by atoms with E-state index in [2.05, 4.69) is 10.5 Å². The van der Waals surface area contributed by atoms with Crippen LogP contribution in [-0.2, 0) is 4.79 Å². The molecule has 0 aromatic rings. The van der Waals surface area contributed by atoms with E-state index in [1.807, 2.05) is 0 Å². The lowest BCUT2D eigenvalue weighted by atomic mass is 9.95. The summed E-state index contributed by atoms with van der Waals surface area (Å²) in [5.41, 5.74) is 8.21. The van der Waals surface area contributed by atoms with Crippen LogP contribution >= 0.6 is 0 Å². The van der Waals surface area contributed by atoms with Crippen molar-refractivity contribution in [2.75, 3.05) is 0 Å². The predicted molar refractivity (Wildman–Crippen MR) is 40.5 cm³/mol. The molecular weight excluding hydrogens is 161 g/mol. The monoisotopic (exact) mass is 167 g/mol. The third-order valence-electron chi connectivity index (χ3n) is 1.78. The fourth-order valence-corrected chi connectivity index (χ4v) is 1.25. The molecule has 0 saturated heterocycles. The van der Waals surface area contributed by atoms with E-state index in [1.165, 1.54) is 6.08 Å². The van der Waals surface area contributed by atoms with Crippen molar-refractivity contribution in [2.45, 2.75) is 0 Å². The van der Waals surface area contributed by atoms with Crippen LogP contribution in [-0.4, -0.2) is 11.6 Å². The van der Waals surface area contributed by atoms with Crippen molar-refractivity contribution in [3.8, 4) is 0 Å². The van der Waals surface area contributed by atoms with E-state index in [1.54, 1.807) is 0 Å². The Labute approximate surface area is 67.6 Å². The molecule has 0 fully saturated rings. The molecule has 0 aromatic heterocycles. The molecule has 1 amide bonds. The summed E-state index contributed by atoms with van der Waals surface area (Å²) in [6.45, 7) is 0. The number of halogens is 1. The fraction of sp³-hybridized carbons (Fsp3) is 0.143. The first kappa shape index (κ1) is 7.02. The number of fused-ring (bicyclic) bond motifs is 1. The Morgan fingerprint density at radius 2 is 2.33 bits per heavy atom. The number of hydrogen-bond donors (Lipinski definition) is 2. The van der Waals surface area contributed by atoms with Crippen molar-refractivity contribution >= 4 is 11.6 Å². The van der Waals surface area contributed by atoms with Crippen molar-refractivity contribution < 1.29 is 9.18 Å². The molecule has 3 N–H and O–H groups in total. The first-order valence-electron chi connectivity index (χ1n) is 3.40. The normalized spacial score (nSPS) is 26.9. The van der Waals surface area contributed by atoms with Gasteiger partial charge in [0.25, 0.3) is 5.91 Å². The van der Waals surface area contributed by atoms with Crippen molar-refractivity contribution in [3.63, 3.8) is 0 Å². The molecule has 2 rings (SSSR count). The van der Waals surface area contributed by atoms with E-state index >= 15 is 0 Å². The summed E-state index contributed by atoms with van der Waals surface area (Å²) >= 11 is 0. The van der Waals surface area contributed by atoms with Gasteiger partial charge in [-0.1, -0.05) is 0 Å². The zero-order chi connectivity index (χ0) is 8.72. The SMILES string of the molecule is NC1=CC(F)=CC2=NNC(=O)C12. The van der Waals surface area contributed by atoms with Gasteiger partial charge in [0.2, 0.25) is 0 Å². The van der Waals surface area contributed by atoms with Crippen LogP contribution in [0.3, 0.4) is 0 Å². The standard InChI is InChI=1S/C7H6FN3O/c8-3-1-4(9)6-5(2-3)10-11-7(6)12/h1-2,6H,9H2,(H,11,12). The highest BCUT2D eigenvalue weighted by atomic mass is 19.1. The molecule has 0 spiro atoms. The number of hydrazone groups is 1. The topological polar surface area (TPSA) is 67.5 Å². The molecule has 5 heteroatoms. The van der Waals surface area contributed by atoms with Crippen LogP contribution < -0.4 is 11.2 Å². The van der Waals surface area contributed by atoms with Crippen LogP contribution in [0.1, 0.15) is 0 Å².